The summed E-state index contributed by atoms with van der Waals surface area (Å²) in [6.07, 6.45) is 0.717. The molecule has 0 aliphatic carbocycles. The van der Waals surface area contributed by atoms with Gasteiger partial charge in [-0.3, -0.25) is 19.2 Å². The van der Waals surface area contributed by atoms with Crippen molar-refractivity contribution in [1.82, 2.24) is 0 Å². The van der Waals surface area contributed by atoms with Crippen LogP contribution in [0.2, 0.25) is 0 Å². The van der Waals surface area contributed by atoms with Gasteiger partial charge in [0.2, 0.25) is 17.5 Å². The Morgan fingerprint density at radius 2 is 0.614 bits per heavy atom. The van der Waals surface area contributed by atoms with E-state index in [2.05, 4.69) is 0 Å². The summed E-state index contributed by atoms with van der Waals surface area (Å²) in [5, 5.41) is -2.71. The molecule has 57 heavy (non-hydrogen) atoms. The van der Waals surface area contributed by atoms with Crippen LogP contribution in [0.15, 0.2) is 0 Å². The molecule has 0 fully saturated rings. The van der Waals surface area contributed by atoms with Gasteiger partial charge in [-0.25, -0.2) is 0 Å². The molecule has 0 amide bonds. The van der Waals surface area contributed by atoms with Crippen LogP contribution in [-0.2, 0) is 61.8 Å². The number of carbonyl (C=O) groups excluding carboxylic acids is 4. The number of esters is 4. The summed E-state index contributed by atoms with van der Waals surface area (Å²) >= 11 is 24.9. The van der Waals surface area contributed by atoms with Crippen molar-refractivity contribution in [2.45, 2.75) is 103 Å². The first-order valence-electron chi connectivity index (χ1n) is 18.4. The normalized spacial score (nSPS) is 15.2. The Morgan fingerprint density at radius 1 is 0.404 bits per heavy atom. The van der Waals surface area contributed by atoms with Gasteiger partial charge in [-0.1, -0.05) is 60.9 Å². The molecule has 0 saturated carbocycles. The second-order valence-electron chi connectivity index (χ2n) is 12.4. The molecule has 0 heterocycles. The number of thioether (sulfide) groups is 4. The molecule has 328 valence electrons. The number of ether oxygens (including phenoxy) is 9. The Hall–Kier alpha value is -1.20. The van der Waals surface area contributed by atoms with Crippen molar-refractivity contribution in [3.8, 4) is 0 Å². The maximum absolute atomic E-state index is 13.1. The highest BCUT2D eigenvalue weighted by molar-refractivity contribution is 8.24. The van der Waals surface area contributed by atoms with E-state index < -0.39 is 55.7 Å². The predicted octanol–water partition coefficient (Wildman–Crippen LogP) is 7.74. The number of thiocarbonyl (C=S) groups is 4. The third kappa shape index (κ3) is 23.4. The van der Waals surface area contributed by atoms with Gasteiger partial charge in [0.05, 0.1) is 50.5 Å². The van der Waals surface area contributed by atoms with E-state index in [9.17, 15) is 19.2 Å². The van der Waals surface area contributed by atoms with E-state index in [-0.39, 0.29) is 57.2 Å². The third-order valence-corrected chi connectivity index (χ3v) is 12.9. The maximum Gasteiger partial charge on any atom is 0.319 e. The van der Waals surface area contributed by atoms with Crippen molar-refractivity contribution >= 4 is 137 Å². The van der Waals surface area contributed by atoms with Crippen LogP contribution in [0, 0.1) is 10.8 Å². The molecule has 4 unspecified atom stereocenters. The topological polar surface area (TPSA) is 151 Å². The third-order valence-electron chi connectivity index (χ3n) is 7.87. The van der Waals surface area contributed by atoms with Gasteiger partial charge in [0.1, 0.15) is 47.4 Å². The Balaban J connectivity index is 6.35. The molecule has 0 aromatic rings. The molecule has 0 aliphatic rings. The molecule has 13 nitrogen and oxygen atoms in total. The van der Waals surface area contributed by atoms with Crippen LogP contribution in [-0.4, -0.2) is 128 Å². The highest BCUT2D eigenvalue weighted by Gasteiger charge is 2.39. The minimum atomic E-state index is -1.02. The summed E-state index contributed by atoms with van der Waals surface area (Å²) in [6, 6.07) is 0. The van der Waals surface area contributed by atoms with E-state index in [0.29, 0.717) is 39.3 Å². The molecule has 0 saturated heterocycles. The molecule has 21 heteroatoms. The Bertz CT molecular complexity index is 1140. The molecule has 0 bridgehead atoms. The van der Waals surface area contributed by atoms with Crippen molar-refractivity contribution in [2.75, 3.05) is 66.1 Å². The van der Waals surface area contributed by atoms with Crippen molar-refractivity contribution in [3.63, 3.8) is 0 Å². The van der Waals surface area contributed by atoms with Crippen LogP contribution in [0.1, 0.15) is 82.1 Å². The summed E-state index contributed by atoms with van der Waals surface area (Å²) in [5.74, 6) is -2.20. The smallest absolute Gasteiger partial charge is 0.319 e. The maximum atomic E-state index is 13.1. The van der Waals surface area contributed by atoms with Gasteiger partial charge in [-0.15, -0.1) is 0 Å². The second kappa shape index (κ2) is 30.8. The van der Waals surface area contributed by atoms with Gasteiger partial charge < -0.3 is 42.6 Å². The summed E-state index contributed by atoms with van der Waals surface area (Å²) in [7, 11) is 0. The van der Waals surface area contributed by atoms with Gasteiger partial charge in [0, 0.05) is 0 Å². The largest absolute Gasteiger partial charge is 0.479 e. The fraction of sp³-hybridized carbons (Fsp3) is 0.778. The van der Waals surface area contributed by atoms with E-state index in [1.165, 1.54) is 0 Å². The monoisotopic (exact) mass is 954 g/mol. The zero-order chi connectivity index (χ0) is 43.6. The minimum absolute atomic E-state index is 0.0603. The lowest BCUT2D eigenvalue weighted by atomic mass is 9.86. The van der Waals surface area contributed by atoms with E-state index >= 15 is 0 Å². The van der Waals surface area contributed by atoms with Crippen LogP contribution in [0.3, 0.4) is 0 Å². The van der Waals surface area contributed by atoms with Crippen molar-refractivity contribution in [3.05, 3.63) is 0 Å². The number of carbonyl (C=O) groups is 4. The number of hydrogen-bond donors (Lipinski definition) is 0. The van der Waals surface area contributed by atoms with Gasteiger partial charge >= 0.3 is 23.9 Å². The Morgan fingerprint density at radius 3 is 0.789 bits per heavy atom. The van der Waals surface area contributed by atoms with Gasteiger partial charge in [-0.2, -0.15) is 0 Å². The van der Waals surface area contributed by atoms with Crippen LogP contribution in [0.25, 0.3) is 0 Å². The van der Waals surface area contributed by atoms with E-state index in [1.807, 2.05) is 13.8 Å². The van der Waals surface area contributed by atoms with Gasteiger partial charge in [0.15, 0.2) is 0 Å². The van der Waals surface area contributed by atoms with Crippen LogP contribution in [0.5, 0.6) is 0 Å². The lowest BCUT2D eigenvalue weighted by molar-refractivity contribution is -0.162. The zero-order valence-corrected chi connectivity index (χ0v) is 40.9. The van der Waals surface area contributed by atoms with E-state index in [1.54, 1.807) is 55.4 Å². The molecular weight excluding hydrogens is 897 g/mol. The highest BCUT2D eigenvalue weighted by Crippen LogP contribution is 2.31. The molecule has 4 atom stereocenters. The molecule has 0 aromatic heterocycles. The first-order valence-corrected chi connectivity index (χ1v) is 23.6. The molecule has 0 radical (unpaired) electrons. The van der Waals surface area contributed by atoms with Gasteiger partial charge in [0.25, 0.3) is 0 Å². The molecule has 0 rings (SSSR count). The zero-order valence-electron chi connectivity index (χ0n) is 34.4. The minimum Gasteiger partial charge on any atom is -0.479 e. The fourth-order valence-electron chi connectivity index (χ4n) is 4.09. The second-order valence-corrected chi connectivity index (χ2v) is 20.2. The molecular formula is C36H58O13S8. The first kappa shape index (κ1) is 55.8. The van der Waals surface area contributed by atoms with Crippen LogP contribution < -0.4 is 0 Å². The Kier molecular flexibility index (Phi) is 30.1. The Labute approximate surface area is 376 Å². The average Bonchev–Trinajstić information content (AvgIpc) is 3.16. The fourth-order valence-corrected chi connectivity index (χ4v) is 8.85. The quantitative estimate of drug-likeness (QED) is 0.0472. The SMILES string of the molecule is CCOC(=S)SC(C)C(=O)OCC(CC)(COCC(CC)(COC(=O)C(C)SC(=S)OCC)COC(=O)C(C)SC(=S)OCC)COC(=O)C(C)SC(=S)OCC. The first-order chi connectivity index (χ1) is 26.9. The highest BCUT2D eigenvalue weighted by atomic mass is 32.2. The summed E-state index contributed by atoms with van der Waals surface area (Å²) in [4.78, 5) is 52.4. The number of hydrogen-bond acceptors (Lipinski definition) is 21. The van der Waals surface area contributed by atoms with Gasteiger partial charge in [-0.05, 0) is 117 Å². The van der Waals surface area contributed by atoms with Crippen LogP contribution >= 0.6 is 95.9 Å². The number of rotatable bonds is 26. The summed E-state index contributed by atoms with van der Waals surface area (Å²) in [6.45, 7) is 18.1. The van der Waals surface area contributed by atoms with Crippen molar-refractivity contribution in [2.24, 2.45) is 10.8 Å². The average molecular weight is 955 g/mol. The lowest BCUT2D eigenvalue weighted by Gasteiger charge is -2.36. The lowest BCUT2D eigenvalue weighted by Crippen LogP contribution is -2.43. The molecule has 0 N–H and O–H groups in total. The van der Waals surface area contributed by atoms with Crippen molar-refractivity contribution < 1.29 is 61.8 Å². The summed E-state index contributed by atoms with van der Waals surface area (Å²) in [5.41, 5.74) is -2.04. The van der Waals surface area contributed by atoms with E-state index in [4.69, 9.17) is 91.5 Å². The van der Waals surface area contributed by atoms with Crippen LogP contribution in [0.4, 0.5) is 0 Å². The molecule has 0 spiro atoms. The standard InChI is InChI=1S/C36H58O13S8/c1-11-35(19-46-27(37)23(7)54-31(50)42-13-3,20-47-28(38)24(8)55-32(51)43-14-4)17-41-18-36(12-2,21-48-29(39)25(9)56-33(52)44-15-5)22-49-30(40)26(10)57-34(53)45-16-6/h23-26H,11-22H2,1-10H3. The predicted molar refractivity (Wildman–Crippen MR) is 245 cm³/mol. The van der Waals surface area contributed by atoms with Crippen molar-refractivity contribution in [1.29, 1.82) is 0 Å². The molecule has 0 aromatic carbocycles. The van der Waals surface area contributed by atoms with E-state index in [0.717, 1.165) is 47.0 Å². The summed E-state index contributed by atoms with van der Waals surface area (Å²) < 4.78 is 51.5. The molecule has 0 aliphatic heterocycles.